The number of carbonyl (C=O) groups is 2. The van der Waals surface area contributed by atoms with E-state index in [-0.39, 0.29) is 17.6 Å². The highest BCUT2D eigenvalue weighted by Crippen LogP contribution is 2.23. The Bertz CT molecular complexity index is 432. The lowest BCUT2D eigenvalue weighted by Crippen LogP contribution is -2.23. The minimum Gasteiger partial charge on any atom is -0.461 e. The van der Waals surface area contributed by atoms with E-state index in [1.54, 1.807) is 12.4 Å². The zero-order valence-corrected chi connectivity index (χ0v) is 10.2. The molecule has 2 heterocycles. The summed E-state index contributed by atoms with van der Waals surface area (Å²) in [6.07, 6.45) is 0.417. The summed E-state index contributed by atoms with van der Waals surface area (Å²) in [7, 11) is 0. The van der Waals surface area contributed by atoms with Crippen LogP contribution in [-0.4, -0.2) is 36.1 Å². The molecule has 1 saturated heterocycles. The number of esters is 1. The minimum atomic E-state index is -0.437. The molecule has 17 heavy (non-hydrogen) atoms. The molecule has 6 nitrogen and oxygen atoms in total. The fourth-order valence-corrected chi connectivity index (χ4v) is 2.33. The first-order valence-corrected chi connectivity index (χ1v) is 6.22. The Morgan fingerprint density at radius 3 is 3.24 bits per heavy atom. The van der Waals surface area contributed by atoms with Crippen molar-refractivity contribution in [3.63, 3.8) is 0 Å². The molecule has 1 fully saturated rings. The maximum Gasteiger partial charge on any atom is 0.360 e. The van der Waals surface area contributed by atoms with Crippen molar-refractivity contribution in [2.45, 2.75) is 19.4 Å². The highest BCUT2D eigenvalue weighted by molar-refractivity contribution is 7.14. The summed E-state index contributed by atoms with van der Waals surface area (Å²) in [5, 5.41) is 6.51. The smallest absolute Gasteiger partial charge is 0.360 e. The van der Waals surface area contributed by atoms with Gasteiger partial charge in [-0.2, -0.15) is 0 Å². The van der Waals surface area contributed by atoms with Gasteiger partial charge in [-0.05, 0) is 6.92 Å². The van der Waals surface area contributed by atoms with E-state index in [0.717, 1.165) is 0 Å². The van der Waals surface area contributed by atoms with Crippen LogP contribution in [0.5, 0.6) is 0 Å². The maximum atomic E-state index is 11.6. The Labute approximate surface area is 102 Å². The van der Waals surface area contributed by atoms with Gasteiger partial charge in [-0.1, -0.05) is 0 Å². The van der Waals surface area contributed by atoms with Gasteiger partial charge in [0, 0.05) is 13.0 Å². The number of hydrogen-bond acceptors (Lipinski definition) is 6. The average Bonchev–Trinajstić information content (AvgIpc) is 2.89. The zero-order chi connectivity index (χ0) is 12.3. The molecular weight excluding hydrogens is 242 g/mol. The van der Waals surface area contributed by atoms with Crippen LogP contribution in [0.2, 0.25) is 0 Å². The number of amides is 1. The van der Waals surface area contributed by atoms with E-state index in [4.69, 9.17) is 4.74 Å². The van der Waals surface area contributed by atoms with Gasteiger partial charge in [-0.25, -0.2) is 9.78 Å². The largest absolute Gasteiger partial charge is 0.461 e. The van der Waals surface area contributed by atoms with Gasteiger partial charge in [0.1, 0.15) is 5.00 Å². The lowest BCUT2D eigenvalue weighted by molar-refractivity contribution is -0.119. The van der Waals surface area contributed by atoms with Crippen molar-refractivity contribution in [1.29, 1.82) is 0 Å². The van der Waals surface area contributed by atoms with Crippen molar-refractivity contribution in [2.75, 3.05) is 18.5 Å². The van der Waals surface area contributed by atoms with Crippen LogP contribution in [0.4, 0.5) is 5.00 Å². The van der Waals surface area contributed by atoms with Gasteiger partial charge in [0.15, 0.2) is 5.69 Å². The molecule has 92 valence electrons. The predicted molar refractivity (Wildman–Crippen MR) is 63.1 cm³/mol. The van der Waals surface area contributed by atoms with Crippen molar-refractivity contribution in [3.05, 3.63) is 11.2 Å². The van der Waals surface area contributed by atoms with Crippen LogP contribution in [0.3, 0.4) is 0 Å². The van der Waals surface area contributed by atoms with Gasteiger partial charge in [-0.15, -0.1) is 11.3 Å². The summed E-state index contributed by atoms with van der Waals surface area (Å²) in [5.41, 5.74) is 1.87. The topological polar surface area (TPSA) is 80.3 Å². The Balaban J connectivity index is 2.03. The van der Waals surface area contributed by atoms with E-state index >= 15 is 0 Å². The van der Waals surface area contributed by atoms with Gasteiger partial charge in [0.05, 0.1) is 18.2 Å². The van der Waals surface area contributed by atoms with E-state index in [1.807, 2.05) is 0 Å². The average molecular weight is 255 g/mol. The van der Waals surface area contributed by atoms with Crippen molar-refractivity contribution in [1.82, 2.24) is 10.3 Å². The van der Waals surface area contributed by atoms with Crippen molar-refractivity contribution in [2.24, 2.45) is 0 Å². The first-order valence-electron chi connectivity index (χ1n) is 5.34. The highest BCUT2D eigenvalue weighted by Gasteiger charge is 2.24. The SMILES string of the molecule is CCOC(=O)c1ncsc1NC1CNC(=O)C1. The van der Waals surface area contributed by atoms with E-state index in [2.05, 4.69) is 15.6 Å². The number of nitrogens with zero attached hydrogens (tertiary/aromatic N) is 1. The lowest BCUT2D eigenvalue weighted by Gasteiger charge is -2.10. The van der Waals surface area contributed by atoms with Gasteiger partial charge in [0.2, 0.25) is 5.91 Å². The van der Waals surface area contributed by atoms with Crippen LogP contribution < -0.4 is 10.6 Å². The second-order valence-electron chi connectivity index (χ2n) is 3.60. The van der Waals surface area contributed by atoms with Crippen LogP contribution >= 0.6 is 11.3 Å². The Hall–Kier alpha value is -1.63. The number of ether oxygens (including phenoxy) is 1. The van der Waals surface area contributed by atoms with E-state index in [0.29, 0.717) is 24.6 Å². The third-order valence-electron chi connectivity index (χ3n) is 2.35. The standard InChI is InChI=1S/C10H13N3O3S/c1-2-16-10(15)8-9(17-5-12-8)13-6-3-7(14)11-4-6/h5-6,13H,2-4H2,1H3,(H,11,14). The molecule has 2 N–H and O–H groups in total. The van der Waals surface area contributed by atoms with Gasteiger partial charge in [-0.3, -0.25) is 4.79 Å². The summed E-state index contributed by atoms with van der Waals surface area (Å²) in [4.78, 5) is 26.6. The maximum absolute atomic E-state index is 11.6. The number of hydrogen-bond donors (Lipinski definition) is 2. The molecule has 1 aromatic heterocycles. The number of rotatable bonds is 4. The summed E-state index contributed by atoms with van der Waals surface area (Å²) in [6, 6.07) is 0.0103. The molecule has 1 atom stereocenters. The Morgan fingerprint density at radius 1 is 1.76 bits per heavy atom. The quantitative estimate of drug-likeness (QED) is 0.771. The molecule has 1 unspecified atom stereocenters. The normalized spacial score (nSPS) is 18.9. The minimum absolute atomic E-state index is 0.0103. The zero-order valence-electron chi connectivity index (χ0n) is 9.36. The van der Waals surface area contributed by atoms with E-state index in [1.165, 1.54) is 11.3 Å². The third kappa shape index (κ3) is 2.73. The second kappa shape index (κ2) is 5.13. The van der Waals surface area contributed by atoms with Crippen molar-refractivity contribution in [3.8, 4) is 0 Å². The van der Waals surface area contributed by atoms with Crippen LogP contribution in [0.15, 0.2) is 5.51 Å². The van der Waals surface area contributed by atoms with Crippen LogP contribution in [0.1, 0.15) is 23.8 Å². The predicted octanol–water partition coefficient (Wildman–Crippen LogP) is 0.620. The number of thiazole rings is 1. The molecule has 0 spiro atoms. The monoisotopic (exact) mass is 255 g/mol. The molecule has 2 rings (SSSR count). The van der Waals surface area contributed by atoms with E-state index in [9.17, 15) is 9.59 Å². The molecular formula is C10H13N3O3S. The molecule has 0 saturated carbocycles. The molecule has 7 heteroatoms. The molecule has 0 bridgehead atoms. The third-order valence-corrected chi connectivity index (χ3v) is 3.11. The highest BCUT2D eigenvalue weighted by atomic mass is 32.1. The van der Waals surface area contributed by atoms with Crippen molar-refractivity contribution >= 4 is 28.2 Å². The molecule has 1 aliphatic rings. The Morgan fingerprint density at radius 2 is 2.59 bits per heavy atom. The molecule has 0 radical (unpaired) electrons. The molecule has 0 aromatic carbocycles. The van der Waals surface area contributed by atoms with Crippen molar-refractivity contribution < 1.29 is 14.3 Å². The molecule has 0 aliphatic carbocycles. The van der Waals surface area contributed by atoms with Crippen LogP contribution in [-0.2, 0) is 9.53 Å². The molecule has 1 amide bonds. The van der Waals surface area contributed by atoms with Crippen LogP contribution in [0, 0.1) is 0 Å². The van der Waals surface area contributed by atoms with Gasteiger partial charge >= 0.3 is 5.97 Å². The van der Waals surface area contributed by atoms with Gasteiger partial charge in [0.25, 0.3) is 0 Å². The lowest BCUT2D eigenvalue weighted by atomic mass is 10.2. The first-order chi connectivity index (χ1) is 8.20. The number of anilines is 1. The summed E-state index contributed by atoms with van der Waals surface area (Å²) < 4.78 is 4.90. The van der Waals surface area contributed by atoms with Crippen LogP contribution in [0.25, 0.3) is 0 Å². The molecule has 1 aliphatic heterocycles. The fourth-order valence-electron chi connectivity index (χ4n) is 1.59. The number of nitrogens with one attached hydrogen (secondary N) is 2. The fraction of sp³-hybridized carbons (Fsp3) is 0.500. The molecule has 1 aromatic rings. The summed E-state index contributed by atoms with van der Waals surface area (Å²) in [6.45, 7) is 2.63. The summed E-state index contributed by atoms with van der Waals surface area (Å²) in [5.74, 6) is -0.418. The second-order valence-corrected chi connectivity index (χ2v) is 4.45. The van der Waals surface area contributed by atoms with E-state index < -0.39 is 5.97 Å². The first kappa shape index (κ1) is 11.8. The summed E-state index contributed by atoms with van der Waals surface area (Å²) >= 11 is 1.33. The number of aromatic nitrogens is 1. The Kier molecular flexibility index (Phi) is 3.58. The van der Waals surface area contributed by atoms with Gasteiger partial charge < -0.3 is 15.4 Å². The number of carbonyl (C=O) groups excluding carboxylic acids is 2.